The van der Waals surface area contributed by atoms with Crippen LogP contribution < -0.4 is 134 Å². The number of aromatic amines is 1. The first kappa shape index (κ1) is 97.5. The van der Waals surface area contributed by atoms with Crippen LogP contribution in [0.15, 0.2) is 115 Å². The number of carbonyl (C=O) groups is 5. The summed E-state index contributed by atoms with van der Waals surface area (Å²) >= 11 is 0. The number of aryl methyl sites for hydroxylation is 6. The summed E-state index contributed by atoms with van der Waals surface area (Å²) in [6.07, 6.45) is 28.4. The van der Waals surface area contributed by atoms with Crippen molar-refractivity contribution in [2.24, 2.45) is 5.92 Å². The predicted molar refractivity (Wildman–Crippen MR) is 375 cm³/mol. The first-order chi connectivity index (χ1) is 46.2. The molecule has 4 N–H and O–H groups in total. The van der Waals surface area contributed by atoms with Gasteiger partial charge in [0.05, 0.1) is 0 Å². The summed E-state index contributed by atoms with van der Waals surface area (Å²) in [5.74, 6) is -1.78. The Morgan fingerprint density at radius 1 is 0.430 bits per heavy atom. The smallest absolute Gasteiger partial charge is 0.550 e. The first-order valence-corrected chi connectivity index (χ1v) is 35.1. The van der Waals surface area contributed by atoms with Crippen LogP contribution in [0.4, 0.5) is 0 Å². The van der Waals surface area contributed by atoms with Crippen molar-refractivity contribution in [3.8, 4) is 17.2 Å². The van der Waals surface area contributed by atoms with Crippen molar-refractivity contribution < 1.29 is 173 Å². The zero-order chi connectivity index (χ0) is 70.5. The van der Waals surface area contributed by atoms with Gasteiger partial charge in [-0.1, -0.05) is 208 Å². The molecule has 100 heavy (non-hydrogen) atoms. The number of benzene rings is 5. The third kappa shape index (κ3) is 42.9. The van der Waals surface area contributed by atoms with Gasteiger partial charge in [-0.25, -0.2) is 0 Å². The molecule has 0 aliphatic heterocycles. The minimum Gasteiger partial charge on any atom is -0.550 e. The molecule has 1 atom stereocenters. The Balaban J connectivity index is 0. The molecule has 20 heteroatoms. The van der Waals surface area contributed by atoms with E-state index in [1.54, 1.807) is 38.1 Å². The third-order valence-corrected chi connectivity index (χ3v) is 16.3. The second-order valence-electron chi connectivity index (χ2n) is 25.1. The Morgan fingerprint density at radius 2 is 0.890 bits per heavy atom. The van der Waals surface area contributed by atoms with E-state index in [1.165, 1.54) is 98.4 Å². The van der Waals surface area contributed by atoms with Crippen LogP contribution in [0.25, 0.3) is 0 Å². The molecule has 0 fully saturated rings. The van der Waals surface area contributed by atoms with E-state index < -0.39 is 17.9 Å². The molecular weight excluding hydrogens is 1300 g/mol. The van der Waals surface area contributed by atoms with Crippen LogP contribution in [0.2, 0.25) is 0 Å². The standard InChI is InChI=1S/C14H18O2.2C14H20O2.C13H18N4.C13H18O3.C12H17NO2.4Na/c1-2-3-4-10-5-6-11-8-13(14(15)16)9-12(11)7-10;1-3-4-5-7-12-8-6-9-13(14(12)16)10-11(2)15;1-3-4-5-6-13-10-12(9-11(2)15)7-8-14(13)16;1-2-3-4-6-11-7-5-8-12(9-11)10-13-14-16-17-15-13;1-2-3-4-5-10-6-7-12(14)11(8-10)9-13(15)16;1-2-3-4-6-10-7-5-8-11(13-10)9-12(14)15;;;;/h5-7,13H,2-4,8-9H2,1H3,(H,15,16);6,8-9,16H,3-5,7,10H2,1-2H3;7-8,10,16H,3-6,9H2,1-2H3;5,7-9H,2-4,6,10H2,1H3,(H,14,15,16,17);6-8,14H,2-5,9H2,1H3,(H,15,16);5,7-8H,2-4,6,9H2,1H3,(H,14,15);;;;/q;;;;;;4*+1/p-3. The number of aliphatic carboxylic acids is 3. The van der Waals surface area contributed by atoms with Crippen LogP contribution in [-0.4, -0.2) is 70.4 Å². The molecule has 0 bridgehead atoms. The first-order valence-electron chi connectivity index (χ1n) is 35.1. The maximum absolute atomic E-state index is 11.0. The molecule has 7 aromatic rings. The summed E-state index contributed by atoms with van der Waals surface area (Å²) in [5, 5.41) is 74.8. The summed E-state index contributed by atoms with van der Waals surface area (Å²) < 4.78 is 0. The molecule has 0 saturated heterocycles. The number of unbranched alkanes of at least 4 members (excludes halogenated alkanes) is 11. The van der Waals surface area contributed by atoms with Crippen LogP contribution >= 0.6 is 0 Å². The van der Waals surface area contributed by atoms with Crippen LogP contribution in [0.1, 0.15) is 243 Å². The number of carboxylic acid groups (broad SMARTS) is 3. The number of H-pyrrole nitrogens is 1. The van der Waals surface area contributed by atoms with E-state index in [-0.39, 0.29) is 154 Å². The predicted octanol–water partition coefficient (Wildman–Crippen LogP) is 1.07. The van der Waals surface area contributed by atoms with Crippen molar-refractivity contribution in [2.75, 3.05) is 0 Å². The second-order valence-corrected chi connectivity index (χ2v) is 25.1. The number of nitrogens with zero attached hydrogens (tertiary/aromatic N) is 4. The Kier molecular flexibility index (Phi) is 57.3. The van der Waals surface area contributed by atoms with Crippen LogP contribution in [0.3, 0.4) is 0 Å². The molecule has 16 nitrogen and oxygen atoms in total. The van der Waals surface area contributed by atoms with Gasteiger partial charge in [-0.3, -0.25) is 14.6 Å². The Bertz CT molecular complexity index is 3380. The van der Waals surface area contributed by atoms with E-state index in [2.05, 4.69) is 110 Å². The van der Waals surface area contributed by atoms with Crippen LogP contribution in [-0.2, 0) is 107 Å². The zero-order valence-electron chi connectivity index (χ0n) is 62.7. The fraction of sp³-hybridized carbons (Fsp3) is 0.487. The van der Waals surface area contributed by atoms with Gasteiger partial charge in [-0.15, -0.1) is 10.2 Å². The summed E-state index contributed by atoms with van der Waals surface area (Å²) in [7, 11) is 0. The van der Waals surface area contributed by atoms with Crippen molar-refractivity contribution in [3.05, 3.63) is 194 Å². The van der Waals surface area contributed by atoms with Gasteiger partial charge in [0.2, 0.25) is 0 Å². The summed E-state index contributed by atoms with van der Waals surface area (Å²) in [6, 6.07) is 36.8. The molecule has 8 rings (SSSR count). The SMILES string of the molecule is CCCCCc1cc(CC(C)=O)ccc1O.CCCCCc1ccc(O)c(CC(=O)[O-])c1.CCCCCc1cccc(CC(=O)[O-])n1.CCCCCc1cccc(CC(C)=O)c1O.CCCCCc1cccc(Cc2nn[nH]n2)c1.CCCCc1ccc2c(c1)CC(C(=O)[O-])C2.[Na+].[Na+].[Na+].[Na+]. The molecule has 0 spiro atoms. The number of pyridine rings is 1. The van der Waals surface area contributed by atoms with Gasteiger partial charge in [-0.05, 0) is 184 Å². The van der Waals surface area contributed by atoms with E-state index in [9.17, 15) is 54.6 Å². The average molecular weight is 1410 g/mol. The molecule has 2 aromatic heterocycles. The zero-order valence-corrected chi connectivity index (χ0v) is 70.7. The average Bonchev–Trinajstić information content (AvgIpc) is 1.70. The number of carboxylic acids is 3. The van der Waals surface area contributed by atoms with E-state index in [4.69, 9.17) is 0 Å². The van der Waals surface area contributed by atoms with E-state index >= 15 is 0 Å². The number of nitrogens with one attached hydrogen (secondary N) is 1. The van der Waals surface area contributed by atoms with Crippen molar-refractivity contribution in [2.45, 2.75) is 248 Å². The number of rotatable bonds is 34. The van der Waals surface area contributed by atoms with Crippen molar-refractivity contribution in [3.63, 3.8) is 0 Å². The molecule has 0 saturated carbocycles. The summed E-state index contributed by atoms with van der Waals surface area (Å²) in [6.45, 7) is 16.1. The number of hydrogen-bond acceptors (Lipinski definition) is 15. The number of para-hydroxylation sites is 1. The number of phenols is 3. The minimum atomic E-state index is -1.17. The van der Waals surface area contributed by atoms with Gasteiger partial charge in [0.1, 0.15) is 28.8 Å². The Morgan fingerprint density at radius 3 is 1.45 bits per heavy atom. The number of aromatic nitrogens is 5. The summed E-state index contributed by atoms with van der Waals surface area (Å²) in [5.41, 5.74) is 13.1. The third-order valence-electron chi connectivity index (χ3n) is 16.3. The minimum absolute atomic E-state index is 0. The number of ketones is 2. The number of fused-ring (bicyclic) bond motifs is 1. The molecule has 0 amide bonds. The van der Waals surface area contributed by atoms with E-state index in [0.29, 0.717) is 48.4 Å². The molecule has 5 aromatic carbocycles. The normalized spacial score (nSPS) is 11.3. The molecule has 2 heterocycles. The van der Waals surface area contributed by atoms with Crippen molar-refractivity contribution in [1.82, 2.24) is 25.6 Å². The largest absolute Gasteiger partial charge is 1.00 e. The van der Waals surface area contributed by atoms with Crippen molar-refractivity contribution >= 4 is 29.5 Å². The number of aromatic hydroxyl groups is 3. The number of tetrazole rings is 1. The van der Waals surface area contributed by atoms with Gasteiger partial charge in [0.15, 0.2) is 5.82 Å². The van der Waals surface area contributed by atoms with Gasteiger partial charge in [0, 0.05) is 72.9 Å². The molecule has 1 aliphatic carbocycles. The number of carbonyl (C=O) groups excluding carboxylic acids is 5. The van der Waals surface area contributed by atoms with Gasteiger partial charge in [0.25, 0.3) is 0 Å². The van der Waals surface area contributed by atoms with Gasteiger partial charge < -0.3 is 45.0 Å². The van der Waals surface area contributed by atoms with Gasteiger partial charge >= 0.3 is 118 Å². The molecule has 0 radical (unpaired) electrons. The molecule has 1 unspecified atom stereocenters. The molecule has 1 aliphatic rings. The monoisotopic (exact) mass is 1410 g/mol. The summed E-state index contributed by atoms with van der Waals surface area (Å²) in [4.78, 5) is 58.0. The molecular formula is C80H108N5Na4O11+. The fourth-order valence-electron chi connectivity index (χ4n) is 11.1. The number of phenolic OH excluding ortho intramolecular Hbond substituents is 3. The van der Waals surface area contributed by atoms with Crippen LogP contribution in [0.5, 0.6) is 17.2 Å². The quantitative estimate of drug-likeness (QED) is 0.0324. The van der Waals surface area contributed by atoms with E-state index in [1.807, 2.05) is 48.5 Å². The number of hydrogen-bond donors (Lipinski definition) is 4. The topological polar surface area (TPSA) is 283 Å². The number of Topliss-reactive ketones (excluding diaryl/α,β-unsaturated/α-hetero) is 2. The van der Waals surface area contributed by atoms with Gasteiger partial charge in [-0.2, -0.15) is 5.21 Å². The molecule has 522 valence electrons. The Labute approximate surface area is 685 Å². The Hall–Kier alpha value is -4.53. The maximum Gasteiger partial charge on any atom is 1.00 e. The van der Waals surface area contributed by atoms with E-state index in [0.717, 1.165) is 123 Å². The van der Waals surface area contributed by atoms with Crippen molar-refractivity contribution in [1.29, 1.82) is 0 Å². The fourth-order valence-corrected chi connectivity index (χ4v) is 11.1. The maximum atomic E-state index is 11.0. The second kappa shape index (κ2) is 58.8. The van der Waals surface area contributed by atoms with Crippen LogP contribution in [0, 0.1) is 5.92 Å².